The first-order chi connectivity index (χ1) is 19.8. The number of rotatable bonds is 10. The van der Waals surface area contributed by atoms with Crippen LogP contribution >= 0.6 is 0 Å². The molecule has 0 heterocycles. The molecule has 23 heteroatoms. The van der Waals surface area contributed by atoms with Crippen LogP contribution in [0.25, 0.3) is 10.8 Å². The molecule has 2 aromatic rings. The van der Waals surface area contributed by atoms with Crippen molar-refractivity contribution >= 4 is 31.8 Å². The van der Waals surface area contributed by atoms with E-state index >= 15 is 0 Å². The van der Waals surface area contributed by atoms with Crippen LogP contribution in [0.15, 0.2) is 41.3 Å². The van der Waals surface area contributed by atoms with E-state index in [1.54, 1.807) is 0 Å². The molecular formula is C22H17F17O4S2. The van der Waals surface area contributed by atoms with Gasteiger partial charge < -0.3 is 9.66 Å². The summed E-state index contributed by atoms with van der Waals surface area (Å²) < 4.78 is 244. The van der Waals surface area contributed by atoms with Gasteiger partial charge in [-0.2, -0.15) is 74.6 Å². The molecule has 0 aliphatic rings. The van der Waals surface area contributed by atoms with Crippen LogP contribution in [0.2, 0.25) is 0 Å². The first-order valence-electron chi connectivity index (χ1n) is 11.3. The Morgan fingerprint density at radius 2 is 0.956 bits per heavy atom. The lowest BCUT2D eigenvalue weighted by molar-refractivity contribution is -0.458. The smallest absolute Gasteiger partial charge is 0.460 e. The van der Waals surface area contributed by atoms with Crippen molar-refractivity contribution in [2.75, 3.05) is 11.5 Å². The Balaban J connectivity index is 0.000000526. The number of halogens is 17. The Hall–Kier alpha value is -2.43. The second-order valence-corrected chi connectivity index (χ2v) is 12.6. The highest BCUT2D eigenvalue weighted by molar-refractivity contribution is 7.97. The van der Waals surface area contributed by atoms with E-state index in [2.05, 4.69) is 26.0 Å². The average molecular weight is 732 g/mol. The Morgan fingerprint density at radius 3 is 1.31 bits per heavy atom. The lowest BCUT2D eigenvalue weighted by atomic mass is 9.91. The quantitative estimate of drug-likeness (QED) is 0.152. The molecule has 0 bridgehead atoms. The van der Waals surface area contributed by atoms with Crippen molar-refractivity contribution in [3.63, 3.8) is 0 Å². The van der Waals surface area contributed by atoms with Crippen molar-refractivity contribution in [3.05, 3.63) is 36.4 Å². The summed E-state index contributed by atoms with van der Waals surface area (Å²) in [6, 6.07) is 12.0. The zero-order valence-electron chi connectivity index (χ0n) is 21.8. The van der Waals surface area contributed by atoms with Crippen molar-refractivity contribution in [1.29, 1.82) is 0 Å². The number of alkyl halides is 17. The molecule has 2 aromatic carbocycles. The largest absolute Gasteiger partial charge is 0.743 e. The van der Waals surface area contributed by atoms with Gasteiger partial charge in [0, 0.05) is 21.7 Å². The minimum Gasteiger partial charge on any atom is -0.743 e. The number of hydrogen-bond donors (Lipinski definition) is 1. The molecular weight excluding hydrogens is 715 g/mol. The van der Waals surface area contributed by atoms with Crippen LogP contribution in [0, 0.1) is 0 Å². The number of phenolic OH excluding ortho intramolecular Hbond substituents is 1. The van der Waals surface area contributed by atoms with Crippen molar-refractivity contribution in [2.45, 2.75) is 65.7 Å². The minimum absolute atomic E-state index is 0.304. The standard InChI is InChI=1S/C14H16OS.C8HF17O3S/c1-3-16(4-2)14-10-9-13(15)11-7-5-6-8-12(11)14;9-1(10,3(13,14)5(17,18)7(21,22)23)2(11,12)4(15,16)6(19,20)8(24,25)29(26,27)28/h5-10H,3-4H2,1-2H3;(H,26,27,28). The molecule has 0 fully saturated rings. The molecule has 0 aromatic heterocycles. The van der Waals surface area contributed by atoms with Crippen LogP contribution in [-0.2, 0) is 21.0 Å². The maximum absolute atomic E-state index is 13.0. The molecule has 0 saturated carbocycles. The molecule has 4 nitrogen and oxygen atoms in total. The summed E-state index contributed by atoms with van der Waals surface area (Å²) in [6.07, 6.45) is -7.89. The molecule has 0 amide bonds. The molecule has 0 saturated heterocycles. The van der Waals surface area contributed by atoms with Crippen LogP contribution in [0.4, 0.5) is 74.6 Å². The number of hydrogen-bond acceptors (Lipinski definition) is 4. The third kappa shape index (κ3) is 6.31. The van der Waals surface area contributed by atoms with Gasteiger partial charge in [0.1, 0.15) is 17.3 Å². The zero-order chi connectivity index (χ0) is 36.0. The van der Waals surface area contributed by atoms with E-state index in [1.807, 2.05) is 24.3 Å². The molecule has 260 valence electrons. The number of fused-ring (bicyclic) bond motifs is 1. The maximum Gasteiger partial charge on any atom is 0.460 e. The van der Waals surface area contributed by atoms with Crippen molar-refractivity contribution in [1.82, 2.24) is 0 Å². The van der Waals surface area contributed by atoms with Crippen molar-refractivity contribution in [3.8, 4) is 5.75 Å². The molecule has 45 heavy (non-hydrogen) atoms. The predicted octanol–water partition coefficient (Wildman–Crippen LogP) is 8.06. The van der Waals surface area contributed by atoms with E-state index < -0.39 is 57.1 Å². The third-order valence-electron chi connectivity index (χ3n) is 5.88. The fourth-order valence-corrected chi connectivity index (χ4v) is 5.55. The predicted molar refractivity (Wildman–Crippen MR) is 123 cm³/mol. The molecule has 0 aliphatic heterocycles. The maximum atomic E-state index is 13.0. The minimum atomic E-state index is -8.92. The highest BCUT2D eigenvalue weighted by Gasteiger charge is 2.95. The third-order valence-corrected chi connectivity index (χ3v) is 9.13. The van der Waals surface area contributed by atoms with E-state index in [1.165, 1.54) is 21.8 Å². The lowest BCUT2D eigenvalue weighted by Crippen LogP contribution is -2.75. The van der Waals surface area contributed by atoms with Crippen LogP contribution in [0.5, 0.6) is 5.75 Å². The average Bonchev–Trinajstić information content (AvgIpc) is 2.89. The summed E-state index contributed by atoms with van der Waals surface area (Å²) in [5.41, 5.74) is 0. The molecule has 1 N–H and O–H groups in total. The fraction of sp³-hybridized carbons (Fsp3) is 0.545. The van der Waals surface area contributed by atoms with Gasteiger partial charge in [0.25, 0.3) is 0 Å². The van der Waals surface area contributed by atoms with Gasteiger partial charge in [0.15, 0.2) is 15.0 Å². The monoisotopic (exact) mass is 732 g/mol. The number of benzene rings is 2. The van der Waals surface area contributed by atoms with Crippen molar-refractivity contribution in [2.24, 2.45) is 0 Å². The van der Waals surface area contributed by atoms with Crippen molar-refractivity contribution < 1.29 is 92.7 Å². The van der Waals surface area contributed by atoms with E-state index in [9.17, 15) is 92.7 Å². The number of phenols is 1. The second kappa shape index (κ2) is 12.3. The van der Waals surface area contributed by atoms with Crippen LogP contribution in [-0.4, -0.2) is 76.5 Å². The fourth-order valence-electron chi connectivity index (χ4n) is 3.33. The molecule has 0 unspecified atom stereocenters. The lowest BCUT2D eigenvalue weighted by Gasteiger charge is -2.42. The van der Waals surface area contributed by atoms with E-state index in [4.69, 9.17) is 0 Å². The van der Waals surface area contributed by atoms with E-state index in [0.717, 1.165) is 5.39 Å². The highest BCUT2D eigenvalue weighted by atomic mass is 32.2. The van der Waals surface area contributed by atoms with E-state index in [-0.39, 0.29) is 0 Å². The SMILES string of the molecule is CC[S+](CC)c1ccc(O)c2ccccc12.O=S(=O)([O-])C(F)(F)C(F)(F)C(F)(F)C(F)(F)C(F)(F)C(F)(F)C(F)(F)C(F)(F)F. The van der Waals surface area contributed by atoms with Gasteiger partial charge in [-0.15, -0.1) is 0 Å². The van der Waals surface area contributed by atoms with Gasteiger partial charge in [-0.1, -0.05) is 18.2 Å². The Bertz CT molecular complexity index is 1450. The summed E-state index contributed by atoms with van der Waals surface area (Å²) >= 11 is 0. The molecule has 0 radical (unpaired) electrons. The molecule has 0 atom stereocenters. The Kier molecular flexibility index (Phi) is 11.1. The highest BCUT2D eigenvalue weighted by Crippen LogP contribution is 2.64. The van der Waals surface area contributed by atoms with Gasteiger partial charge in [-0.05, 0) is 32.0 Å². The van der Waals surface area contributed by atoms with Crippen LogP contribution < -0.4 is 0 Å². The first-order valence-corrected chi connectivity index (χ1v) is 14.3. The van der Waals surface area contributed by atoms with Gasteiger partial charge >= 0.3 is 47.0 Å². The normalized spacial score (nSPS) is 14.9. The number of aromatic hydroxyl groups is 1. The molecule has 0 spiro atoms. The summed E-state index contributed by atoms with van der Waals surface area (Å²) in [5.74, 6) is -49.4. The van der Waals surface area contributed by atoms with Gasteiger partial charge in [-0.3, -0.25) is 0 Å². The molecule has 0 aliphatic carbocycles. The van der Waals surface area contributed by atoms with Crippen LogP contribution in [0.3, 0.4) is 0 Å². The Morgan fingerprint density at radius 1 is 0.600 bits per heavy atom. The zero-order valence-corrected chi connectivity index (χ0v) is 23.4. The summed E-state index contributed by atoms with van der Waals surface area (Å²) in [6.45, 7) is 4.46. The summed E-state index contributed by atoms with van der Waals surface area (Å²) in [4.78, 5) is 1.39. The molecule has 2 rings (SSSR count). The van der Waals surface area contributed by atoms with E-state index in [0.29, 0.717) is 16.6 Å². The topological polar surface area (TPSA) is 77.4 Å². The first kappa shape index (κ1) is 40.6. The van der Waals surface area contributed by atoms with Gasteiger partial charge in [-0.25, -0.2) is 8.42 Å². The van der Waals surface area contributed by atoms with Gasteiger partial charge in [0.05, 0.1) is 0 Å². The summed E-state index contributed by atoms with van der Waals surface area (Å²) in [5, 5.41) is 4.05. The van der Waals surface area contributed by atoms with Gasteiger partial charge in [0.2, 0.25) is 0 Å². The summed E-state index contributed by atoms with van der Waals surface area (Å²) in [7, 11) is -7.84. The Labute approximate surface area is 244 Å². The second-order valence-electron chi connectivity index (χ2n) is 8.61. The van der Waals surface area contributed by atoms with Crippen LogP contribution in [0.1, 0.15) is 13.8 Å².